The van der Waals surface area contributed by atoms with Gasteiger partial charge in [-0.1, -0.05) is 30.0 Å². The van der Waals surface area contributed by atoms with Gasteiger partial charge in [0.25, 0.3) is 0 Å². The minimum Gasteiger partial charge on any atom is -0.325 e. The number of para-hydroxylation sites is 1. The number of benzene rings is 2. The molecule has 0 saturated carbocycles. The van der Waals surface area contributed by atoms with Crippen LogP contribution in [0, 0.1) is 15.9 Å². The van der Waals surface area contributed by atoms with Gasteiger partial charge in [-0.05, 0) is 31.2 Å². The van der Waals surface area contributed by atoms with Gasteiger partial charge in [0.2, 0.25) is 11.7 Å². The number of halogens is 1. The predicted molar refractivity (Wildman–Crippen MR) is 98.4 cm³/mol. The molecular formula is C17H14FN5O3S. The first-order valence-corrected chi connectivity index (χ1v) is 8.70. The predicted octanol–water partition coefficient (Wildman–Crippen LogP) is 3.43. The van der Waals surface area contributed by atoms with Crippen LogP contribution < -0.4 is 5.32 Å². The fraction of sp³-hybridized carbons (Fsp3) is 0.118. The summed E-state index contributed by atoms with van der Waals surface area (Å²) < 4.78 is 15.1. The number of thioether (sulfide) groups is 1. The molecule has 0 fully saturated rings. The molecule has 0 saturated heterocycles. The van der Waals surface area contributed by atoms with Gasteiger partial charge in [0.05, 0.1) is 10.2 Å². The number of aromatic nitrogens is 3. The fourth-order valence-corrected chi connectivity index (χ4v) is 3.10. The highest BCUT2D eigenvalue weighted by atomic mass is 32.2. The molecule has 3 aromatic rings. The first kappa shape index (κ1) is 18.5. The van der Waals surface area contributed by atoms with Crippen molar-refractivity contribution >= 4 is 29.0 Å². The average Bonchev–Trinajstić information content (AvgIpc) is 3.11. The Balaban J connectivity index is 1.72. The molecule has 1 unspecified atom stereocenters. The largest absolute Gasteiger partial charge is 0.325 e. The van der Waals surface area contributed by atoms with Crippen LogP contribution in [0.2, 0.25) is 0 Å². The van der Waals surface area contributed by atoms with Gasteiger partial charge < -0.3 is 5.32 Å². The Morgan fingerprint density at radius 3 is 2.74 bits per heavy atom. The summed E-state index contributed by atoms with van der Waals surface area (Å²) in [4.78, 5) is 22.4. The van der Waals surface area contributed by atoms with Crippen LogP contribution in [0.3, 0.4) is 0 Å². The van der Waals surface area contributed by atoms with Crippen LogP contribution in [-0.2, 0) is 4.79 Å². The molecule has 1 aromatic heterocycles. The maximum Gasteiger partial charge on any atom is 0.306 e. The van der Waals surface area contributed by atoms with Crippen LogP contribution in [0.1, 0.15) is 6.92 Å². The fourth-order valence-electron chi connectivity index (χ4n) is 2.26. The highest BCUT2D eigenvalue weighted by Gasteiger charge is 2.20. The Labute approximate surface area is 157 Å². The molecule has 8 nitrogen and oxygen atoms in total. The number of carbonyl (C=O) groups excluding carboxylic acids is 1. The number of amides is 1. The molecule has 27 heavy (non-hydrogen) atoms. The third kappa shape index (κ3) is 4.29. The van der Waals surface area contributed by atoms with Crippen molar-refractivity contribution in [3.63, 3.8) is 0 Å². The zero-order valence-corrected chi connectivity index (χ0v) is 14.9. The molecule has 138 valence electrons. The van der Waals surface area contributed by atoms with Gasteiger partial charge in [-0.25, -0.2) is 0 Å². The summed E-state index contributed by atoms with van der Waals surface area (Å²) in [5.41, 5.74) is 0.300. The van der Waals surface area contributed by atoms with E-state index in [1.807, 2.05) is 30.3 Å². The molecule has 0 aliphatic heterocycles. The lowest BCUT2D eigenvalue weighted by Gasteiger charge is -2.12. The first-order valence-electron chi connectivity index (χ1n) is 7.82. The topological polar surface area (TPSA) is 103 Å². The van der Waals surface area contributed by atoms with Crippen LogP contribution in [0.25, 0.3) is 5.69 Å². The maximum atomic E-state index is 13.4. The zero-order valence-electron chi connectivity index (χ0n) is 14.1. The number of carbonyl (C=O) groups is 1. The molecule has 0 aliphatic carbocycles. The second-order valence-corrected chi connectivity index (χ2v) is 6.80. The van der Waals surface area contributed by atoms with Crippen molar-refractivity contribution in [3.8, 4) is 5.69 Å². The normalized spacial score (nSPS) is 11.8. The van der Waals surface area contributed by atoms with Gasteiger partial charge in [0.1, 0.15) is 6.33 Å². The second-order valence-electron chi connectivity index (χ2n) is 5.49. The van der Waals surface area contributed by atoms with Crippen molar-refractivity contribution in [1.29, 1.82) is 0 Å². The standard InChI is InChI=1S/C17H14FN5O3S/c1-11(16(24)20-12-7-8-14(18)15(9-12)23(25)26)27-17-21-19-10-22(17)13-5-3-2-4-6-13/h2-11H,1H3,(H,20,24). The van der Waals surface area contributed by atoms with Crippen molar-refractivity contribution < 1.29 is 14.1 Å². The molecule has 0 bridgehead atoms. The van der Waals surface area contributed by atoms with Crippen molar-refractivity contribution in [2.45, 2.75) is 17.3 Å². The third-order valence-corrected chi connectivity index (χ3v) is 4.67. The summed E-state index contributed by atoms with van der Waals surface area (Å²) in [5.74, 6) is -1.36. The molecular weight excluding hydrogens is 373 g/mol. The van der Waals surface area contributed by atoms with E-state index in [2.05, 4.69) is 15.5 Å². The van der Waals surface area contributed by atoms with E-state index in [1.54, 1.807) is 17.8 Å². The van der Waals surface area contributed by atoms with Crippen molar-refractivity contribution in [2.24, 2.45) is 0 Å². The van der Waals surface area contributed by atoms with E-state index in [9.17, 15) is 19.3 Å². The van der Waals surface area contributed by atoms with Crippen LogP contribution in [0.4, 0.5) is 15.8 Å². The minimum atomic E-state index is -0.962. The van der Waals surface area contributed by atoms with E-state index in [0.29, 0.717) is 5.16 Å². The number of nitro groups is 1. The molecule has 2 aromatic carbocycles. The van der Waals surface area contributed by atoms with E-state index < -0.39 is 27.6 Å². The lowest BCUT2D eigenvalue weighted by molar-refractivity contribution is -0.387. The average molecular weight is 387 g/mol. The van der Waals surface area contributed by atoms with Crippen molar-refractivity contribution in [2.75, 3.05) is 5.32 Å². The highest BCUT2D eigenvalue weighted by molar-refractivity contribution is 8.00. The number of nitrogens with zero attached hydrogens (tertiary/aromatic N) is 4. The SMILES string of the molecule is CC(Sc1nncn1-c1ccccc1)C(=O)Nc1ccc(F)c([N+](=O)[O-])c1. The minimum absolute atomic E-state index is 0.144. The van der Waals surface area contributed by atoms with Crippen molar-refractivity contribution in [3.05, 3.63) is 70.8 Å². The molecule has 1 amide bonds. The molecule has 0 spiro atoms. The summed E-state index contributed by atoms with van der Waals surface area (Å²) in [5, 5.41) is 21.2. The molecule has 1 N–H and O–H groups in total. The van der Waals surface area contributed by atoms with Crippen LogP contribution in [-0.4, -0.2) is 30.8 Å². The third-order valence-electron chi connectivity index (χ3n) is 3.61. The summed E-state index contributed by atoms with van der Waals surface area (Å²) in [7, 11) is 0. The van der Waals surface area contributed by atoms with E-state index in [1.165, 1.54) is 17.8 Å². The zero-order chi connectivity index (χ0) is 19.4. The number of anilines is 1. The van der Waals surface area contributed by atoms with Gasteiger partial charge >= 0.3 is 5.69 Å². The van der Waals surface area contributed by atoms with Gasteiger partial charge in [0, 0.05) is 17.4 Å². The Kier molecular flexibility index (Phi) is 5.46. The molecule has 1 atom stereocenters. The number of hydrogen-bond donors (Lipinski definition) is 1. The molecule has 10 heteroatoms. The molecule has 0 radical (unpaired) electrons. The molecule has 0 aliphatic rings. The summed E-state index contributed by atoms with van der Waals surface area (Å²) >= 11 is 1.18. The summed E-state index contributed by atoms with van der Waals surface area (Å²) in [6.07, 6.45) is 1.55. The Morgan fingerprint density at radius 1 is 1.30 bits per heavy atom. The Morgan fingerprint density at radius 2 is 2.04 bits per heavy atom. The monoisotopic (exact) mass is 387 g/mol. The summed E-state index contributed by atoms with van der Waals surface area (Å²) in [6.45, 7) is 1.67. The van der Waals surface area contributed by atoms with E-state index in [0.717, 1.165) is 17.8 Å². The quantitative estimate of drug-likeness (QED) is 0.395. The Bertz CT molecular complexity index is 980. The first-order chi connectivity index (χ1) is 13.0. The van der Waals surface area contributed by atoms with Crippen LogP contribution >= 0.6 is 11.8 Å². The van der Waals surface area contributed by atoms with E-state index >= 15 is 0 Å². The number of nitro benzene ring substituents is 1. The van der Waals surface area contributed by atoms with E-state index in [4.69, 9.17) is 0 Å². The van der Waals surface area contributed by atoms with Gasteiger partial charge in [0.15, 0.2) is 5.16 Å². The number of nitrogens with one attached hydrogen (secondary N) is 1. The number of rotatable bonds is 6. The Hall–Kier alpha value is -3.27. The van der Waals surface area contributed by atoms with Crippen molar-refractivity contribution in [1.82, 2.24) is 14.8 Å². The second kappa shape index (κ2) is 7.96. The highest BCUT2D eigenvalue weighted by Crippen LogP contribution is 2.26. The lowest BCUT2D eigenvalue weighted by atomic mass is 10.2. The number of hydrogen-bond acceptors (Lipinski definition) is 6. The summed E-state index contributed by atoms with van der Waals surface area (Å²) in [6, 6.07) is 12.6. The van der Waals surface area contributed by atoms with E-state index in [-0.39, 0.29) is 5.69 Å². The lowest BCUT2D eigenvalue weighted by Crippen LogP contribution is -2.23. The van der Waals surface area contributed by atoms with Gasteiger partial charge in [-0.15, -0.1) is 10.2 Å². The van der Waals surface area contributed by atoms with Crippen LogP contribution in [0.15, 0.2) is 60.0 Å². The van der Waals surface area contributed by atoms with Gasteiger partial charge in [-0.3, -0.25) is 19.5 Å². The molecule has 3 rings (SSSR count). The maximum absolute atomic E-state index is 13.4. The molecule has 1 heterocycles. The van der Waals surface area contributed by atoms with Crippen LogP contribution in [0.5, 0.6) is 0 Å². The smallest absolute Gasteiger partial charge is 0.306 e. The van der Waals surface area contributed by atoms with Gasteiger partial charge in [-0.2, -0.15) is 4.39 Å².